The number of piperazine rings is 1. The zero-order chi connectivity index (χ0) is 23.4. The molecule has 0 spiro atoms. The maximum atomic E-state index is 13.3. The van der Waals surface area contributed by atoms with E-state index in [9.17, 15) is 12.8 Å². The van der Waals surface area contributed by atoms with Gasteiger partial charge in [-0.1, -0.05) is 12.1 Å². The number of pyridine rings is 1. The number of anilines is 4. The summed E-state index contributed by atoms with van der Waals surface area (Å²) in [5.41, 5.74) is 1.83. The summed E-state index contributed by atoms with van der Waals surface area (Å²) in [7, 11) is -3.21. The lowest BCUT2D eigenvalue weighted by Crippen LogP contribution is -2.48. The number of benzene rings is 1. The molecule has 2 N–H and O–H groups in total. The molecule has 4 rings (SSSR count). The van der Waals surface area contributed by atoms with Crippen LogP contribution in [0.2, 0.25) is 0 Å². The second-order valence-electron chi connectivity index (χ2n) is 7.88. The Balaban J connectivity index is 0.00000324. The van der Waals surface area contributed by atoms with Gasteiger partial charge < -0.3 is 15.5 Å². The molecule has 1 fully saturated rings. The molecular weight excluding hydrogens is 481 g/mol. The van der Waals surface area contributed by atoms with Crippen molar-refractivity contribution in [3.05, 3.63) is 66.4 Å². The molecule has 0 amide bonds. The number of aromatic nitrogens is 3. The van der Waals surface area contributed by atoms with Crippen LogP contribution in [0.3, 0.4) is 0 Å². The second-order valence-corrected chi connectivity index (χ2v) is 9.86. The molecule has 9 nitrogen and oxygen atoms in total. The first-order chi connectivity index (χ1) is 15.8. The Morgan fingerprint density at radius 2 is 1.68 bits per heavy atom. The van der Waals surface area contributed by atoms with Gasteiger partial charge in [0, 0.05) is 62.4 Å². The Labute approximate surface area is 204 Å². The highest BCUT2D eigenvalue weighted by atomic mass is 35.5. The van der Waals surface area contributed by atoms with E-state index in [2.05, 4.69) is 30.5 Å². The molecule has 1 aliphatic heterocycles. The molecule has 3 aromatic rings. The fraction of sp³-hybridized carbons (Fsp3) is 0.318. The van der Waals surface area contributed by atoms with Crippen LogP contribution in [-0.4, -0.2) is 60.1 Å². The van der Waals surface area contributed by atoms with Gasteiger partial charge in [0.1, 0.15) is 23.3 Å². The Morgan fingerprint density at radius 1 is 1.00 bits per heavy atom. The molecular formula is C22H27ClFN7O2S. The van der Waals surface area contributed by atoms with Crippen molar-refractivity contribution in [3.63, 3.8) is 0 Å². The van der Waals surface area contributed by atoms with E-state index in [1.54, 1.807) is 30.7 Å². The van der Waals surface area contributed by atoms with E-state index in [0.717, 1.165) is 11.3 Å². The lowest BCUT2D eigenvalue weighted by molar-refractivity contribution is 0.388. The van der Waals surface area contributed by atoms with Gasteiger partial charge in [0.15, 0.2) is 0 Å². The van der Waals surface area contributed by atoms with Gasteiger partial charge in [-0.05, 0) is 24.6 Å². The third-order valence-corrected chi connectivity index (χ3v) is 6.74. The van der Waals surface area contributed by atoms with E-state index < -0.39 is 10.0 Å². The molecule has 12 heteroatoms. The van der Waals surface area contributed by atoms with Gasteiger partial charge in [0.2, 0.25) is 10.0 Å². The first-order valence-corrected chi connectivity index (χ1v) is 12.4. The summed E-state index contributed by atoms with van der Waals surface area (Å²) in [6.45, 7) is 3.94. The third-order valence-electron chi connectivity index (χ3n) is 5.44. The minimum atomic E-state index is -3.21. The molecule has 0 radical (unpaired) electrons. The zero-order valence-electron chi connectivity index (χ0n) is 18.8. The summed E-state index contributed by atoms with van der Waals surface area (Å²) in [6.07, 6.45) is 6.02. The third kappa shape index (κ3) is 6.52. The number of nitrogens with zero attached hydrogens (tertiary/aromatic N) is 5. The molecule has 1 aromatic carbocycles. The number of rotatable bonds is 7. The zero-order valence-corrected chi connectivity index (χ0v) is 20.5. The minimum Gasteiger partial charge on any atom is -0.369 e. The number of nitrogens with one attached hydrogen (secondary N) is 2. The molecule has 0 saturated carbocycles. The topological polar surface area (TPSA) is 103 Å². The molecule has 1 aliphatic rings. The van der Waals surface area contributed by atoms with Gasteiger partial charge in [0.05, 0.1) is 12.5 Å². The van der Waals surface area contributed by atoms with Crippen LogP contribution in [-0.2, 0) is 10.0 Å². The van der Waals surface area contributed by atoms with Gasteiger partial charge in [-0.3, -0.25) is 4.98 Å². The van der Waals surface area contributed by atoms with Gasteiger partial charge in [-0.15, -0.1) is 12.4 Å². The fourth-order valence-electron chi connectivity index (χ4n) is 3.67. The number of sulfonamides is 1. The maximum absolute atomic E-state index is 13.3. The van der Waals surface area contributed by atoms with Crippen molar-refractivity contribution < 1.29 is 12.8 Å². The summed E-state index contributed by atoms with van der Waals surface area (Å²) in [6, 6.07) is 10.1. The summed E-state index contributed by atoms with van der Waals surface area (Å²) in [5, 5.41) is 6.54. The van der Waals surface area contributed by atoms with Gasteiger partial charge >= 0.3 is 0 Å². The predicted octanol–water partition coefficient (Wildman–Crippen LogP) is 3.43. The van der Waals surface area contributed by atoms with E-state index in [-0.39, 0.29) is 24.3 Å². The summed E-state index contributed by atoms with van der Waals surface area (Å²) >= 11 is 0. The minimum absolute atomic E-state index is 0. The van der Waals surface area contributed by atoms with E-state index in [1.165, 1.54) is 22.7 Å². The Hall–Kier alpha value is -3.02. The second kappa shape index (κ2) is 10.9. The van der Waals surface area contributed by atoms with Gasteiger partial charge in [0.25, 0.3) is 0 Å². The van der Waals surface area contributed by atoms with Gasteiger partial charge in [-0.25, -0.2) is 22.8 Å². The fourth-order valence-corrected chi connectivity index (χ4v) is 4.49. The largest absolute Gasteiger partial charge is 0.369 e. The van der Waals surface area contributed by atoms with Gasteiger partial charge in [-0.2, -0.15) is 4.31 Å². The van der Waals surface area contributed by atoms with E-state index in [0.29, 0.717) is 43.6 Å². The van der Waals surface area contributed by atoms with Crippen LogP contribution >= 0.6 is 12.4 Å². The summed E-state index contributed by atoms with van der Waals surface area (Å²) < 4.78 is 38.5. The maximum Gasteiger partial charge on any atom is 0.211 e. The normalized spacial score (nSPS) is 15.3. The monoisotopic (exact) mass is 507 g/mol. The molecule has 3 heterocycles. The van der Waals surface area contributed by atoms with Crippen LogP contribution in [0.1, 0.15) is 18.5 Å². The average molecular weight is 508 g/mol. The molecule has 0 unspecified atom stereocenters. The smallest absolute Gasteiger partial charge is 0.211 e. The predicted molar refractivity (Wildman–Crippen MR) is 134 cm³/mol. The SMILES string of the molecule is C[C@H](Nc1cc(N2CCN(S(C)(=O)=O)CC2)cc(Nc2cnccn2)n1)c1ccc(F)cc1.Cl. The van der Waals surface area contributed by atoms with Crippen LogP contribution in [0.15, 0.2) is 55.0 Å². The first-order valence-electron chi connectivity index (χ1n) is 10.5. The standard InChI is InChI=1S/C22H26FN7O2S.ClH/c1-16(17-3-5-18(23)6-4-17)26-20-13-19(29-9-11-30(12-10-29)33(2,31)32)14-21(27-20)28-22-15-24-7-8-25-22;/h3-8,13-16H,9-12H2,1-2H3,(H2,25,26,27,28);1H/t16-;/m0./s1. The van der Waals surface area contributed by atoms with Crippen LogP contribution in [0.4, 0.5) is 27.5 Å². The summed E-state index contributed by atoms with van der Waals surface area (Å²) in [5.74, 6) is 1.48. The van der Waals surface area contributed by atoms with E-state index >= 15 is 0 Å². The van der Waals surface area contributed by atoms with Crippen molar-refractivity contribution in [1.29, 1.82) is 0 Å². The highest BCUT2D eigenvalue weighted by molar-refractivity contribution is 7.88. The quantitative estimate of drug-likeness (QED) is 0.501. The van der Waals surface area contributed by atoms with Crippen LogP contribution in [0.5, 0.6) is 0 Å². The molecule has 1 saturated heterocycles. The van der Waals surface area contributed by atoms with Crippen molar-refractivity contribution in [2.24, 2.45) is 0 Å². The Bertz CT molecular complexity index is 1190. The van der Waals surface area contributed by atoms with Crippen molar-refractivity contribution in [1.82, 2.24) is 19.3 Å². The van der Waals surface area contributed by atoms with Crippen molar-refractivity contribution in [3.8, 4) is 0 Å². The number of hydrogen-bond acceptors (Lipinski definition) is 8. The molecule has 1 atom stereocenters. The molecule has 0 bridgehead atoms. The Morgan fingerprint density at radius 3 is 2.29 bits per heavy atom. The number of halogens is 2. The highest BCUT2D eigenvalue weighted by Gasteiger charge is 2.24. The van der Waals surface area contributed by atoms with E-state index in [1.807, 2.05) is 19.1 Å². The summed E-state index contributed by atoms with van der Waals surface area (Å²) in [4.78, 5) is 15.1. The van der Waals surface area contributed by atoms with E-state index in [4.69, 9.17) is 0 Å². The Kier molecular flexibility index (Phi) is 8.24. The first kappa shape index (κ1) is 25.6. The average Bonchev–Trinajstić information content (AvgIpc) is 2.79. The van der Waals surface area contributed by atoms with Crippen molar-refractivity contribution >= 4 is 45.6 Å². The van der Waals surface area contributed by atoms with Crippen molar-refractivity contribution in [2.75, 3.05) is 48.0 Å². The highest BCUT2D eigenvalue weighted by Crippen LogP contribution is 2.28. The molecule has 0 aliphatic carbocycles. The van der Waals surface area contributed by atoms with Crippen LogP contribution in [0, 0.1) is 5.82 Å². The lowest BCUT2D eigenvalue weighted by atomic mass is 10.1. The van der Waals surface area contributed by atoms with Crippen LogP contribution in [0.25, 0.3) is 0 Å². The van der Waals surface area contributed by atoms with Crippen molar-refractivity contribution in [2.45, 2.75) is 13.0 Å². The molecule has 2 aromatic heterocycles. The lowest BCUT2D eigenvalue weighted by Gasteiger charge is -2.35. The molecule has 34 heavy (non-hydrogen) atoms. The molecule has 182 valence electrons. The van der Waals surface area contributed by atoms with Crippen LogP contribution < -0.4 is 15.5 Å². The number of hydrogen-bond donors (Lipinski definition) is 2.